The van der Waals surface area contributed by atoms with Gasteiger partial charge in [0.2, 0.25) is 5.95 Å². The van der Waals surface area contributed by atoms with E-state index in [9.17, 15) is 8.78 Å². The van der Waals surface area contributed by atoms with Gasteiger partial charge >= 0.3 is 0 Å². The highest BCUT2D eigenvalue weighted by atomic mass is 19.1. The van der Waals surface area contributed by atoms with Crippen molar-refractivity contribution in [2.24, 2.45) is 5.92 Å². The number of hydrogen-bond donors (Lipinski definition) is 1. The Labute approximate surface area is 134 Å². The molecule has 0 aliphatic carbocycles. The summed E-state index contributed by atoms with van der Waals surface area (Å²) in [5, 5.41) is 3.34. The van der Waals surface area contributed by atoms with Crippen LogP contribution in [0, 0.1) is 17.6 Å². The molecule has 4 nitrogen and oxygen atoms in total. The van der Waals surface area contributed by atoms with E-state index in [2.05, 4.69) is 15.3 Å². The van der Waals surface area contributed by atoms with Crippen LogP contribution >= 0.6 is 0 Å². The van der Waals surface area contributed by atoms with E-state index < -0.39 is 11.6 Å². The van der Waals surface area contributed by atoms with Crippen LogP contribution in [-0.4, -0.2) is 29.6 Å². The van der Waals surface area contributed by atoms with Gasteiger partial charge in [0.15, 0.2) is 0 Å². The lowest BCUT2D eigenvalue weighted by molar-refractivity contribution is 0.371. The van der Waals surface area contributed by atoms with E-state index in [1.807, 2.05) is 4.90 Å². The molecule has 3 rings (SSSR count). The molecule has 0 atom stereocenters. The molecule has 0 amide bonds. The van der Waals surface area contributed by atoms with Gasteiger partial charge in [-0.3, -0.25) is 0 Å². The number of halogens is 2. The zero-order valence-electron chi connectivity index (χ0n) is 12.9. The molecule has 2 aromatic rings. The van der Waals surface area contributed by atoms with E-state index in [-0.39, 0.29) is 0 Å². The molecule has 1 aliphatic heterocycles. The molecule has 0 unspecified atom stereocenters. The van der Waals surface area contributed by atoms with Crippen LogP contribution in [0.4, 0.5) is 14.7 Å². The molecule has 23 heavy (non-hydrogen) atoms. The fourth-order valence-corrected chi connectivity index (χ4v) is 2.90. The fourth-order valence-electron chi connectivity index (χ4n) is 2.90. The number of nitrogens with one attached hydrogen (secondary N) is 1. The van der Waals surface area contributed by atoms with Crippen LogP contribution in [0.15, 0.2) is 36.7 Å². The van der Waals surface area contributed by atoms with Crippen LogP contribution in [-0.2, 0) is 6.54 Å². The number of aromatic nitrogens is 2. The van der Waals surface area contributed by atoms with Gasteiger partial charge in [-0.05, 0) is 44.0 Å². The maximum atomic E-state index is 14.0. The normalized spacial score (nSPS) is 15.6. The van der Waals surface area contributed by atoms with E-state index in [4.69, 9.17) is 0 Å². The Bertz CT molecular complexity index is 630. The van der Waals surface area contributed by atoms with E-state index in [1.165, 1.54) is 12.1 Å². The van der Waals surface area contributed by atoms with Gasteiger partial charge in [0.1, 0.15) is 11.6 Å². The number of hydrogen-bond acceptors (Lipinski definition) is 4. The summed E-state index contributed by atoms with van der Waals surface area (Å²) in [6.07, 6.45) is 5.52. The van der Waals surface area contributed by atoms with Crippen LogP contribution in [0.5, 0.6) is 0 Å². The van der Waals surface area contributed by atoms with Gasteiger partial charge in [0, 0.05) is 37.1 Å². The average Bonchev–Trinajstić information content (AvgIpc) is 2.58. The number of piperidine rings is 1. The van der Waals surface area contributed by atoms with Gasteiger partial charge in [-0.15, -0.1) is 0 Å². The Hall–Kier alpha value is -2.08. The molecule has 0 saturated carbocycles. The zero-order valence-corrected chi connectivity index (χ0v) is 12.9. The quantitative estimate of drug-likeness (QED) is 0.920. The smallest absolute Gasteiger partial charge is 0.225 e. The predicted octanol–water partition coefficient (Wildman–Crippen LogP) is 2.76. The minimum absolute atomic E-state index is 0.333. The Kier molecular flexibility index (Phi) is 5.12. The van der Waals surface area contributed by atoms with E-state index in [1.54, 1.807) is 18.5 Å². The molecule has 1 aliphatic rings. The number of nitrogens with zero attached hydrogens (tertiary/aromatic N) is 3. The summed E-state index contributed by atoms with van der Waals surface area (Å²) in [5.74, 6) is 0.00156. The van der Waals surface area contributed by atoms with Gasteiger partial charge in [-0.1, -0.05) is 6.07 Å². The van der Waals surface area contributed by atoms with E-state index in [0.717, 1.165) is 38.5 Å². The summed E-state index contributed by atoms with van der Waals surface area (Å²) in [5.41, 5.74) is 0.452. The van der Waals surface area contributed by atoms with Crippen molar-refractivity contribution in [3.8, 4) is 0 Å². The van der Waals surface area contributed by atoms with Crippen LogP contribution in [0.2, 0.25) is 0 Å². The maximum absolute atomic E-state index is 14.0. The Morgan fingerprint density at radius 1 is 1.13 bits per heavy atom. The molecule has 1 N–H and O–H groups in total. The van der Waals surface area contributed by atoms with Crippen molar-refractivity contribution in [3.63, 3.8) is 0 Å². The molecule has 1 aromatic carbocycles. The highest BCUT2D eigenvalue weighted by Crippen LogP contribution is 2.20. The maximum Gasteiger partial charge on any atom is 0.225 e. The third kappa shape index (κ3) is 4.22. The highest BCUT2D eigenvalue weighted by Gasteiger charge is 2.20. The van der Waals surface area contributed by atoms with Gasteiger partial charge in [-0.2, -0.15) is 0 Å². The molecular formula is C17H20F2N4. The van der Waals surface area contributed by atoms with Crippen LogP contribution in [0.25, 0.3) is 0 Å². The molecule has 0 spiro atoms. The summed E-state index contributed by atoms with van der Waals surface area (Å²) < 4.78 is 27.1. The van der Waals surface area contributed by atoms with Crippen molar-refractivity contribution in [1.29, 1.82) is 0 Å². The lowest BCUT2D eigenvalue weighted by atomic mass is 9.97. The first-order valence-corrected chi connectivity index (χ1v) is 7.89. The minimum Gasteiger partial charge on any atom is -0.336 e. The lowest BCUT2D eigenvalue weighted by Crippen LogP contribution is -2.36. The molecular weight excluding hydrogens is 298 g/mol. The fraction of sp³-hybridized carbons (Fsp3) is 0.412. The molecule has 1 aromatic heterocycles. The third-order valence-corrected chi connectivity index (χ3v) is 4.15. The van der Waals surface area contributed by atoms with Gasteiger partial charge in [-0.25, -0.2) is 18.7 Å². The van der Waals surface area contributed by atoms with E-state index in [0.29, 0.717) is 24.0 Å². The summed E-state index contributed by atoms with van der Waals surface area (Å²) in [6, 6.07) is 5.45. The Morgan fingerprint density at radius 2 is 1.87 bits per heavy atom. The highest BCUT2D eigenvalue weighted by molar-refractivity contribution is 5.32. The van der Waals surface area contributed by atoms with Crippen molar-refractivity contribution in [2.75, 3.05) is 24.5 Å². The summed E-state index contributed by atoms with van der Waals surface area (Å²) in [4.78, 5) is 10.6. The third-order valence-electron chi connectivity index (χ3n) is 4.15. The Morgan fingerprint density at radius 3 is 2.57 bits per heavy atom. The molecule has 122 valence electrons. The molecule has 0 radical (unpaired) electrons. The zero-order chi connectivity index (χ0) is 16.1. The van der Waals surface area contributed by atoms with Crippen molar-refractivity contribution in [1.82, 2.24) is 15.3 Å². The number of benzene rings is 1. The van der Waals surface area contributed by atoms with Crippen molar-refractivity contribution < 1.29 is 8.78 Å². The largest absolute Gasteiger partial charge is 0.336 e. The first-order valence-electron chi connectivity index (χ1n) is 7.89. The van der Waals surface area contributed by atoms with Crippen molar-refractivity contribution in [3.05, 3.63) is 53.9 Å². The van der Waals surface area contributed by atoms with Crippen LogP contribution in [0.3, 0.4) is 0 Å². The SMILES string of the molecule is Fc1ccc(CN(CC2CCNCC2)c2ncccn2)c(F)c1. The number of anilines is 1. The standard InChI is InChI=1S/C17H20F2N4/c18-15-3-2-14(16(19)10-15)12-23(17-21-6-1-7-22-17)11-13-4-8-20-9-5-13/h1-3,6-7,10,13,20H,4-5,8-9,11-12H2. The second-order valence-corrected chi connectivity index (χ2v) is 5.86. The molecule has 0 bridgehead atoms. The molecule has 2 heterocycles. The molecule has 1 fully saturated rings. The first kappa shape index (κ1) is 15.8. The topological polar surface area (TPSA) is 41.0 Å². The first-order chi connectivity index (χ1) is 11.2. The van der Waals surface area contributed by atoms with Crippen molar-refractivity contribution in [2.45, 2.75) is 19.4 Å². The monoisotopic (exact) mass is 318 g/mol. The van der Waals surface area contributed by atoms with E-state index >= 15 is 0 Å². The van der Waals surface area contributed by atoms with Gasteiger partial charge in [0.25, 0.3) is 0 Å². The Balaban J connectivity index is 1.79. The van der Waals surface area contributed by atoms with Crippen LogP contribution in [0.1, 0.15) is 18.4 Å². The van der Waals surface area contributed by atoms with Gasteiger partial charge < -0.3 is 10.2 Å². The lowest BCUT2D eigenvalue weighted by Gasteiger charge is -2.30. The number of rotatable bonds is 5. The average molecular weight is 318 g/mol. The minimum atomic E-state index is -0.563. The second kappa shape index (κ2) is 7.46. The molecule has 6 heteroatoms. The molecule has 1 saturated heterocycles. The summed E-state index contributed by atoms with van der Waals surface area (Å²) in [7, 11) is 0. The van der Waals surface area contributed by atoms with Gasteiger partial charge in [0.05, 0.1) is 0 Å². The summed E-state index contributed by atoms with van der Waals surface area (Å²) in [6.45, 7) is 3.10. The van der Waals surface area contributed by atoms with Crippen molar-refractivity contribution >= 4 is 5.95 Å². The second-order valence-electron chi connectivity index (χ2n) is 5.86. The van der Waals surface area contributed by atoms with Crippen LogP contribution < -0.4 is 10.2 Å². The summed E-state index contributed by atoms with van der Waals surface area (Å²) >= 11 is 0. The predicted molar refractivity (Wildman–Crippen MR) is 85.0 cm³/mol.